The molecule has 0 aliphatic rings. The Kier molecular flexibility index (Phi) is 6.02. The summed E-state index contributed by atoms with van der Waals surface area (Å²) in [6.07, 6.45) is 2.22. The SMILES string of the molecule is C[C@@H](N)C(=O)NCCCCC#N. The molecule has 0 aromatic heterocycles. The van der Waals surface area contributed by atoms with Gasteiger partial charge in [0.15, 0.2) is 0 Å². The smallest absolute Gasteiger partial charge is 0.236 e. The van der Waals surface area contributed by atoms with E-state index in [0.29, 0.717) is 13.0 Å². The van der Waals surface area contributed by atoms with Crippen LogP contribution < -0.4 is 11.1 Å². The summed E-state index contributed by atoms with van der Waals surface area (Å²) in [5.74, 6) is -0.132. The zero-order valence-corrected chi connectivity index (χ0v) is 7.34. The van der Waals surface area contributed by atoms with Gasteiger partial charge < -0.3 is 11.1 Å². The molecule has 0 aliphatic carbocycles. The molecular weight excluding hydrogens is 154 g/mol. The van der Waals surface area contributed by atoms with Crippen molar-refractivity contribution >= 4 is 5.91 Å². The highest BCUT2D eigenvalue weighted by molar-refractivity contribution is 5.80. The van der Waals surface area contributed by atoms with Gasteiger partial charge in [-0.15, -0.1) is 0 Å². The minimum atomic E-state index is -0.444. The standard InChI is InChI=1S/C8H15N3O/c1-7(10)8(12)11-6-4-2-3-5-9/h7H,2-4,6,10H2,1H3,(H,11,12)/t7-/m1/s1. The van der Waals surface area contributed by atoms with E-state index in [1.54, 1.807) is 6.92 Å². The summed E-state index contributed by atoms with van der Waals surface area (Å²) in [6, 6.07) is 1.60. The number of hydrogen-bond donors (Lipinski definition) is 2. The van der Waals surface area contributed by atoms with Gasteiger partial charge in [-0.3, -0.25) is 4.79 Å². The number of nitriles is 1. The van der Waals surface area contributed by atoms with Crippen LogP contribution in [0.3, 0.4) is 0 Å². The third-order valence-electron chi connectivity index (χ3n) is 1.43. The number of nitrogens with two attached hydrogens (primary N) is 1. The molecule has 0 bridgehead atoms. The maximum absolute atomic E-state index is 10.9. The molecule has 0 aromatic rings. The Hall–Kier alpha value is -1.08. The van der Waals surface area contributed by atoms with Crippen LogP contribution in [0.1, 0.15) is 26.2 Å². The Bertz CT molecular complexity index is 172. The summed E-state index contributed by atoms with van der Waals surface area (Å²) < 4.78 is 0. The summed E-state index contributed by atoms with van der Waals surface area (Å²) in [4.78, 5) is 10.9. The molecule has 0 radical (unpaired) electrons. The zero-order chi connectivity index (χ0) is 9.40. The van der Waals surface area contributed by atoms with E-state index in [4.69, 9.17) is 11.0 Å². The van der Waals surface area contributed by atoms with Crippen LogP contribution >= 0.6 is 0 Å². The second-order valence-corrected chi connectivity index (χ2v) is 2.69. The largest absolute Gasteiger partial charge is 0.355 e. The number of nitrogens with one attached hydrogen (secondary N) is 1. The fourth-order valence-corrected chi connectivity index (χ4v) is 0.702. The molecule has 68 valence electrons. The van der Waals surface area contributed by atoms with Crippen LogP contribution in [0.2, 0.25) is 0 Å². The van der Waals surface area contributed by atoms with Crippen molar-refractivity contribution in [1.82, 2.24) is 5.32 Å². The average Bonchev–Trinajstić information content (AvgIpc) is 2.03. The number of carbonyl (C=O) groups excluding carboxylic acids is 1. The molecule has 0 unspecified atom stereocenters. The molecule has 1 atom stereocenters. The Balaban J connectivity index is 3.21. The highest BCUT2D eigenvalue weighted by atomic mass is 16.2. The lowest BCUT2D eigenvalue weighted by molar-refractivity contribution is -0.121. The molecule has 0 aromatic carbocycles. The Morgan fingerprint density at radius 1 is 1.67 bits per heavy atom. The predicted octanol–water partition coefficient (Wildman–Crippen LogP) is 0.144. The predicted molar refractivity (Wildman–Crippen MR) is 46.1 cm³/mol. The van der Waals surface area contributed by atoms with Crippen LogP contribution in [0, 0.1) is 11.3 Å². The molecule has 0 heterocycles. The molecule has 12 heavy (non-hydrogen) atoms. The second kappa shape index (κ2) is 6.62. The van der Waals surface area contributed by atoms with Crippen molar-refractivity contribution < 1.29 is 4.79 Å². The summed E-state index contributed by atoms with van der Waals surface area (Å²) in [5, 5.41) is 10.9. The lowest BCUT2D eigenvalue weighted by atomic mass is 10.2. The van der Waals surface area contributed by atoms with Gasteiger partial charge in [-0.05, 0) is 19.8 Å². The van der Waals surface area contributed by atoms with Gasteiger partial charge in [0.1, 0.15) is 0 Å². The minimum absolute atomic E-state index is 0.132. The molecule has 4 heteroatoms. The van der Waals surface area contributed by atoms with Gasteiger partial charge in [0.2, 0.25) is 5.91 Å². The number of unbranched alkanes of at least 4 members (excludes halogenated alkanes) is 2. The monoisotopic (exact) mass is 169 g/mol. The Morgan fingerprint density at radius 2 is 2.33 bits per heavy atom. The number of rotatable bonds is 5. The van der Waals surface area contributed by atoms with Crippen LogP contribution in [0.5, 0.6) is 0 Å². The van der Waals surface area contributed by atoms with E-state index in [1.807, 2.05) is 6.07 Å². The topological polar surface area (TPSA) is 78.9 Å². The van der Waals surface area contributed by atoms with Crippen LogP contribution in [-0.2, 0) is 4.79 Å². The van der Waals surface area contributed by atoms with Crippen LogP contribution in [-0.4, -0.2) is 18.5 Å². The van der Waals surface area contributed by atoms with Crippen molar-refractivity contribution in [3.8, 4) is 6.07 Å². The third kappa shape index (κ3) is 5.69. The number of hydrogen-bond acceptors (Lipinski definition) is 3. The molecular formula is C8H15N3O. The van der Waals surface area contributed by atoms with Crippen molar-refractivity contribution in [2.45, 2.75) is 32.2 Å². The van der Waals surface area contributed by atoms with Crippen LogP contribution in [0.25, 0.3) is 0 Å². The fraction of sp³-hybridized carbons (Fsp3) is 0.750. The average molecular weight is 169 g/mol. The first-order valence-electron chi connectivity index (χ1n) is 4.08. The third-order valence-corrected chi connectivity index (χ3v) is 1.43. The molecule has 4 nitrogen and oxygen atoms in total. The van der Waals surface area contributed by atoms with Gasteiger partial charge in [0.05, 0.1) is 12.1 Å². The Morgan fingerprint density at radius 3 is 2.83 bits per heavy atom. The number of carbonyl (C=O) groups is 1. The van der Waals surface area contributed by atoms with Crippen LogP contribution in [0.4, 0.5) is 0 Å². The zero-order valence-electron chi connectivity index (χ0n) is 7.34. The second-order valence-electron chi connectivity index (χ2n) is 2.69. The number of nitrogens with zero attached hydrogens (tertiary/aromatic N) is 1. The lowest BCUT2D eigenvalue weighted by Crippen LogP contribution is -2.38. The summed E-state index contributed by atoms with van der Waals surface area (Å²) in [5.41, 5.74) is 5.31. The maximum atomic E-state index is 10.9. The molecule has 0 saturated heterocycles. The van der Waals surface area contributed by atoms with E-state index < -0.39 is 6.04 Å². The normalized spacial score (nSPS) is 11.8. The molecule has 0 spiro atoms. The highest BCUT2D eigenvalue weighted by Crippen LogP contribution is 1.91. The molecule has 0 rings (SSSR count). The van der Waals surface area contributed by atoms with Gasteiger partial charge in [-0.2, -0.15) is 5.26 Å². The van der Waals surface area contributed by atoms with E-state index in [-0.39, 0.29) is 5.91 Å². The maximum Gasteiger partial charge on any atom is 0.236 e. The minimum Gasteiger partial charge on any atom is -0.355 e. The van der Waals surface area contributed by atoms with Crippen molar-refractivity contribution in [1.29, 1.82) is 5.26 Å². The first-order valence-corrected chi connectivity index (χ1v) is 4.08. The molecule has 0 aliphatic heterocycles. The summed E-state index contributed by atoms with van der Waals surface area (Å²) in [7, 11) is 0. The molecule has 0 saturated carbocycles. The van der Waals surface area contributed by atoms with Crippen LogP contribution in [0.15, 0.2) is 0 Å². The first kappa shape index (κ1) is 10.9. The number of amides is 1. The quantitative estimate of drug-likeness (QED) is 0.575. The summed E-state index contributed by atoms with van der Waals surface area (Å²) >= 11 is 0. The van der Waals surface area contributed by atoms with E-state index in [9.17, 15) is 4.79 Å². The van der Waals surface area contributed by atoms with E-state index in [0.717, 1.165) is 12.8 Å². The molecule has 0 fully saturated rings. The first-order chi connectivity index (χ1) is 5.68. The fourth-order valence-electron chi connectivity index (χ4n) is 0.702. The van der Waals surface area contributed by atoms with Crippen molar-refractivity contribution in [3.63, 3.8) is 0 Å². The summed E-state index contributed by atoms with van der Waals surface area (Å²) in [6.45, 7) is 2.26. The van der Waals surface area contributed by atoms with Gasteiger partial charge in [-0.1, -0.05) is 0 Å². The van der Waals surface area contributed by atoms with Crippen molar-refractivity contribution in [3.05, 3.63) is 0 Å². The van der Waals surface area contributed by atoms with E-state index in [1.165, 1.54) is 0 Å². The Labute approximate surface area is 72.7 Å². The van der Waals surface area contributed by atoms with E-state index in [2.05, 4.69) is 5.32 Å². The van der Waals surface area contributed by atoms with Crippen molar-refractivity contribution in [2.24, 2.45) is 5.73 Å². The lowest BCUT2D eigenvalue weighted by Gasteiger charge is -2.05. The van der Waals surface area contributed by atoms with Gasteiger partial charge >= 0.3 is 0 Å². The van der Waals surface area contributed by atoms with Gasteiger partial charge in [-0.25, -0.2) is 0 Å². The highest BCUT2D eigenvalue weighted by Gasteiger charge is 2.04. The van der Waals surface area contributed by atoms with Gasteiger partial charge in [0.25, 0.3) is 0 Å². The van der Waals surface area contributed by atoms with Gasteiger partial charge in [0, 0.05) is 13.0 Å². The van der Waals surface area contributed by atoms with Crippen molar-refractivity contribution in [2.75, 3.05) is 6.54 Å². The van der Waals surface area contributed by atoms with E-state index >= 15 is 0 Å². The molecule has 3 N–H and O–H groups in total. The molecule has 1 amide bonds.